The molecule has 0 aliphatic heterocycles. The standard InChI is InChI=1S/C14H24N2O3S/c1-10-8-11-12(6-5-7-13(11)17)16(10)9-14(2,3)15-20(4,18)19/h8,13,15,17H,5-7,9H2,1-4H3. The van der Waals surface area contributed by atoms with Gasteiger partial charge in [-0.15, -0.1) is 0 Å². The highest BCUT2D eigenvalue weighted by atomic mass is 32.2. The van der Waals surface area contributed by atoms with Gasteiger partial charge in [-0.3, -0.25) is 0 Å². The Bertz CT molecular complexity index is 602. The summed E-state index contributed by atoms with van der Waals surface area (Å²) in [5, 5.41) is 10.1. The Morgan fingerprint density at radius 1 is 1.50 bits per heavy atom. The number of aromatic nitrogens is 1. The summed E-state index contributed by atoms with van der Waals surface area (Å²) in [6, 6.07) is 2.02. The minimum absolute atomic E-state index is 0.385. The van der Waals surface area contributed by atoms with Crippen molar-refractivity contribution in [1.29, 1.82) is 0 Å². The van der Waals surface area contributed by atoms with Crippen molar-refractivity contribution in [2.75, 3.05) is 6.26 Å². The predicted molar refractivity (Wildman–Crippen MR) is 79.1 cm³/mol. The maximum atomic E-state index is 11.4. The van der Waals surface area contributed by atoms with Crippen molar-refractivity contribution in [1.82, 2.24) is 9.29 Å². The first-order valence-corrected chi connectivity index (χ1v) is 8.84. The Kier molecular flexibility index (Phi) is 4.01. The summed E-state index contributed by atoms with van der Waals surface area (Å²) in [5.74, 6) is 0. The lowest BCUT2D eigenvalue weighted by Crippen LogP contribution is -2.46. The second kappa shape index (κ2) is 5.16. The Balaban J connectivity index is 2.30. The lowest BCUT2D eigenvalue weighted by Gasteiger charge is -2.29. The summed E-state index contributed by atoms with van der Waals surface area (Å²) >= 11 is 0. The van der Waals surface area contributed by atoms with Crippen LogP contribution in [-0.2, 0) is 23.0 Å². The van der Waals surface area contributed by atoms with Crippen LogP contribution < -0.4 is 4.72 Å². The number of aliphatic hydroxyl groups excluding tert-OH is 1. The van der Waals surface area contributed by atoms with Gasteiger partial charge >= 0.3 is 0 Å². The molecule has 1 heterocycles. The fraction of sp³-hybridized carbons (Fsp3) is 0.714. The van der Waals surface area contributed by atoms with E-state index in [1.807, 2.05) is 26.8 Å². The maximum Gasteiger partial charge on any atom is 0.209 e. The number of fused-ring (bicyclic) bond motifs is 1. The van der Waals surface area contributed by atoms with E-state index in [-0.39, 0.29) is 6.10 Å². The molecule has 0 amide bonds. The van der Waals surface area contributed by atoms with Crippen LogP contribution in [0, 0.1) is 6.92 Å². The number of aryl methyl sites for hydroxylation is 1. The number of hydrogen-bond acceptors (Lipinski definition) is 3. The van der Waals surface area contributed by atoms with Crippen molar-refractivity contribution in [3.8, 4) is 0 Å². The molecule has 1 aromatic rings. The number of nitrogens with zero attached hydrogens (tertiary/aromatic N) is 1. The van der Waals surface area contributed by atoms with E-state index >= 15 is 0 Å². The zero-order valence-electron chi connectivity index (χ0n) is 12.6. The average Bonchev–Trinajstić information content (AvgIpc) is 2.54. The second-order valence-corrected chi connectivity index (χ2v) is 8.19. The molecule has 20 heavy (non-hydrogen) atoms. The van der Waals surface area contributed by atoms with Gasteiger partial charge in [0.05, 0.1) is 12.4 Å². The average molecular weight is 300 g/mol. The van der Waals surface area contributed by atoms with Gasteiger partial charge in [0.1, 0.15) is 0 Å². The van der Waals surface area contributed by atoms with Crippen LogP contribution in [0.15, 0.2) is 6.07 Å². The van der Waals surface area contributed by atoms with E-state index in [9.17, 15) is 13.5 Å². The van der Waals surface area contributed by atoms with Gasteiger partial charge in [-0.2, -0.15) is 0 Å². The van der Waals surface area contributed by atoms with Crippen LogP contribution in [0.1, 0.15) is 49.7 Å². The lowest BCUT2D eigenvalue weighted by molar-refractivity contribution is 0.155. The third-order valence-electron chi connectivity index (χ3n) is 3.71. The summed E-state index contributed by atoms with van der Waals surface area (Å²) in [7, 11) is -3.24. The maximum absolute atomic E-state index is 11.4. The highest BCUT2D eigenvalue weighted by Gasteiger charge is 2.28. The van der Waals surface area contributed by atoms with Gasteiger partial charge in [-0.25, -0.2) is 13.1 Å². The van der Waals surface area contributed by atoms with Gasteiger partial charge in [0, 0.05) is 29.0 Å². The van der Waals surface area contributed by atoms with E-state index in [2.05, 4.69) is 9.29 Å². The first kappa shape index (κ1) is 15.5. The molecule has 0 saturated heterocycles. The number of hydrogen-bond donors (Lipinski definition) is 2. The second-order valence-electron chi connectivity index (χ2n) is 6.44. The van der Waals surface area contributed by atoms with Gasteiger partial charge in [-0.05, 0) is 46.1 Å². The highest BCUT2D eigenvalue weighted by Crippen LogP contribution is 2.32. The van der Waals surface area contributed by atoms with Crippen molar-refractivity contribution in [3.63, 3.8) is 0 Å². The molecule has 1 aliphatic carbocycles. The summed E-state index contributed by atoms with van der Waals surface area (Å²) < 4.78 is 27.7. The molecule has 6 heteroatoms. The molecule has 1 aliphatic rings. The van der Waals surface area contributed by atoms with Gasteiger partial charge in [0.15, 0.2) is 0 Å². The topological polar surface area (TPSA) is 71.3 Å². The Morgan fingerprint density at radius 3 is 2.75 bits per heavy atom. The number of rotatable bonds is 4. The molecule has 0 bridgehead atoms. The van der Waals surface area contributed by atoms with Crippen LogP contribution in [-0.4, -0.2) is 29.9 Å². The van der Waals surface area contributed by atoms with Crippen LogP contribution in [0.5, 0.6) is 0 Å². The molecule has 0 spiro atoms. The van der Waals surface area contributed by atoms with Crippen molar-refractivity contribution in [2.24, 2.45) is 0 Å². The van der Waals surface area contributed by atoms with Crippen LogP contribution >= 0.6 is 0 Å². The fourth-order valence-corrected chi connectivity index (χ4v) is 4.16. The van der Waals surface area contributed by atoms with Crippen molar-refractivity contribution in [2.45, 2.75) is 58.2 Å². The van der Waals surface area contributed by atoms with Gasteiger partial charge in [-0.1, -0.05) is 0 Å². The van der Waals surface area contributed by atoms with Crippen molar-refractivity contribution < 1.29 is 13.5 Å². The monoisotopic (exact) mass is 300 g/mol. The molecule has 0 fully saturated rings. The molecule has 2 rings (SSSR count). The zero-order chi connectivity index (χ0) is 15.1. The molecule has 114 valence electrons. The molecule has 0 radical (unpaired) electrons. The van der Waals surface area contributed by atoms with E-state index in [4.69, 9.17) is 0 Å². The first-order chi connectivity index (χ1) is 9.09. The molecule has 2 N–H and O–H groups in total. The van der Waals surface area contributed by atoms with Crippen LogP contribution in [0.3, 0.4) is 0 Å². The molecule has 1 atom stereocenters. The van der Waals surface area contributed by atoms with Crippen LogP contribution in [0.4, 0.5) is 0 Å². The van der Waals surface area contributed by atoms with Crippen LogP contribution in [0.25, 0.3) is 0 Å². The molecule has 0 aromatic carbocycles. The lowest BCUT2D eigenvalue weighted by atomic mass is 9.95. The predicted octanol–water partition coefficient (Wildman–Crippen LogP) is 1.49. The summed E-state index contributed by atoms with van der Waals surface area (Å²) in [5.41, 5.74) is 2.65. The van der Waals surface area contributed by atoms with Gasteiger partial charge in [0.25, 0.3) is 0 Å². The van der Waals surface area contributed by atoms with Gasteiger partial charge in [0.2, 0.25) is 10.0 Å². The molecule has 5 nitrogen and oxygen atoms in total. The number of nitrogens with one attached hydrogen (secondary N) is 1. The minimum atomic E-state index is -3.24. The van der Waals surface area contributed by atoms with E-state index in [1.54, 1.807) is 0 Å². The zero-order valence-corrected chi connectivity index (χ0v) is 13.4. The quantitative estimate of drug-likeness (QED) is 0.885. The van der Waals surface area contributed by atoms with Gasteiger partial charge < -0.3 is 9.67 Å². The smallest absolute Gasteiger partial charge is 0.209 e. The third-order valence-corrected chi connectivity index (χ3v) is 4.64. The Morgan fingerprint density at radius 2 is 2.15 bits per heavy atom. The SMILES string of the molecule is Cc1cc2c(n1CC(C)(C)NS(C)(=O)=O)CCCC2O. The normalized spacial score (nSPS) is 19.9. The fourth-order valence-electron chi connectivity index (χ4n) is 3.09. The molecule has 1 unspecified atom stereocenters. The largest absolute Gasteiger partial charge is 0.388 e. The van der Waals surface area contributed by atoms with E-state index in [1.165, 1.54) is 6.26 Å². The van der Waals surface area contributed by atoms with E-state index < -0.39 is 15.6 Å². The summed E-state index contributed by atoms with van der Waals surface area (Å²) in [6.07, 6.45) is 3.51. The summed E-state index contributed by atoms with van der Waals surface area (Å²) in [6.45, 7) is 6.31. The molecule has 1 aromatic heterocycles. The molecular weight excluding hydrogens is 276 g/mol. The number of sulfonamides is 1. The third kappa shape index (κ3) is 3.42. The molecule has 0 saturated carbocycles. The van der Waals surface area contributed by atoms with Crippen molar-refractivity contribution in [3.05, 3.63) is 23.0 Å². The highest BCUT2D eigenvalue weighted by molar-refractivity contribution is 7.88. The Labute approximate surface area is 121 Å². The summed E-state index contributed by atoms with van der Waals surface area (Å²) in [4.78, 5) is 0. The van der Waals surface area contributed by atoms with E-state index in [0.29, 0.717) is 6.54 Å². The molecular formula is C14H24N2O3S. The number of aliphatic hydroxyl groups is 1. The van der Waals surface area contributed by atoms with E-state index in [0.717, 1.165) is 36.2 Å². The Hall–Kier alpha value is -0.850. The minimum Gasteiger partial charge on any atom is -0.388 e. The van der Waals surface area contributed by atoms with Crippen LogP contribution in [0.2, 0.25) is 0 Å². The van der Waals surface area contributed by atoms with Crippen molar-refractivity contribution >= 4 is 10.0 Å². The first-order valence-electron chi connectivity index (χ1n) is 6.95.